The molecule has 0 atom stereocenters. The number of hydrogen-bond donors (Lipinski definition) is 0. The van der Waals surface area contributed by atoms with Gasteiger partial charge in [0.2, 0.25) is 0 Å². The van der Waals surface area contributed by atoms with E-state index in [2.05, 4.69) is 16.9 Å². The van der Waals surface area contributed by atoms with Crippen LogP contribution in [0, 0.1) is 0 Å². The first kappa shape index (κ1) is 26.2. The number of amides is 2. The summed E-state index contributed by atoms with van der Waals surface area (Å²) in [5.74, 6) is 1.98. The molecule has 2 aromatic rings. The third-order valence-corrected chi connectivity index (χ3v) is 5.53. The van der Waals surface area contributed by atoms with Gasteiger partial charge in [0.05, 0.1) is 6.61 Å². The molecule has 2 amide bonds. The Kier molecular flexibility index (Phi) is 8.53. The van der Waals surface area contributed by atoms with E-state index in [9.17, 15) is 9.59 Å². The second kappa shape index (κ2) is 11.4. The smallest absolute Gasteiger partial charge is 0.410 e. The molecule has 0 saturated heterocycles. The lowest BCUT2D eigenvalue weighted by Crippen LogP contribution is -2.35. The Labute approximate surface area is 208 Å². The Morgan fingerprint density at radius 3 is 2.71 bits per heavy atom. The van der Waals surface area contributed by atoms with Crippen LogP contribution in [0.4, 0.5) is 16.3 Å². The summed E-state index contributed by atoms with van der Waals surface area (Å²) in [4.78, 5) is 39.8. The number of fused-ring (bicyclic) bond motifs is 1. The van der Waals surface area contributed by atoms with Crippen LogP contribution in [0.5, 0.6) is 5.75 Å². The molecule has 0 saturated carbocycles. The van der Waals surface area contributed by atoms with Gasteiger partial charge >= 0.3 is 6.09 Å². The zero-order valence-corrected chi connectivity index (χ0v) is 21.7. The fourth-order valence-electron chi connectivity index (χ4n) is 3.71. The fraction of sp³-hybridized carbons (Fsp3) is 0.538. The lowest BCUT2D eigenvalue weighted by Gasteiger charge is -2.24. The van der Waals surface area contributed by atoms with Crippen molar-refractivity contribution in [2.45, 2.75) is 52.6 Å². The highest BCUT2D eigenvalue weighted by molar-refractivity contribution is 6.09. The van der Waals surface area contributed by atoms with Crippen molar-refractivity contribution in [2.24, 2.45) is 0 Å². The van der Waals surface area contributed by atoms with Crippen LogP contribution in [0.25, 0.3) is 0 Å². The van der Waals surface area contributed by atoms with E-state index in [-0.39, 0.29) is 12.0 Å². The van der Waals surface area contributed by atoms with Crippen LogP contribution in [-0.4, -0.2) is 72.8 Å². The maximum absolute atomic E-state index is 13.4. The van der Waals surface area contributed by atoms with E-state index in [1.807, 2.05) is 57.0 Å². The largest absolute Gasteiger partial charge is 0.493 e. The van der Waals surface area contributed by atoms with Crippen LogP contribution in [0.15, 0.2) is 30.5 Å². The van der Waals surface area contributed by atoms with E-state index >= 15 is 0 Å². The summed E-state index contributed by atoms with van der Waals surface area (Å²) >= 11 is 0. The number of hydrogen-bond acceptors (Lipinski definition) is 7. The van der Waals surface area contributed by atoms with Gasteiger partial charge in [0.1, 0.15) is 28.6 Å². The first-order valence-corrected chi connectivity index (χ1v) is 12.1. The van der Waals surface area contributed by atoms with Gasteiger partial charge in [0, 0.05) is 58.1 Å². The quantitative estimate of drug-likeness (QED) is 0.521. The highest BCUT2D eigenvalue weighted by Crippen LogP contribution is 2.28. The molecular formula is C26H37N5O4. The Morgan fingerprint density at radius 2 is 2.00 bits per heavy atom. The van der Waals surface area contributed by atoms with Crippen LogP contribution in [-0.2, 0) is 11.2 Å². The number of aryl methyl sites for hydroxylation is 1. The monoisotopic (exact) mass is 483 g/mol. The second-order valence-electron chi connectivity index (χ2n) is 9.75. The van der Waals surface area contributed by atoms with Gasteiger partial charge in [-0.2, -0.15) is 0 Å². The molecule has 1 aliphatic rings. The molecule has 9 heteroatoms. The Hall–Kier alpha value is -3.36. The van der Waals surface area contributed by atoms with Gasteiger partial charge in [-0.15, -0.1) is 0 Å². The lowest BCUT2D eigenvalue weighted by molar-refractivity contribution is 0.0292. The topological polar surface area (TPSA) is 88.1 Å². The molecule has 3 rings (SSSR count). The van der Waals surface area contributed by atoms with Crippen LogP contribution in [0.1, 0.15) is 56.7 Å². The van der Waals surface area contributed by atoms with Crippen molar-refractivity contribution in [2.75, 3.05) is 50.1 Å². The molecule has 1 aliphatic heterocycles. The van der Waals surface area contributed by atoms with E-state index in [0.29, 0.717) is 49.8 Å². The van der Waals surface area contributed by atoms with E-state index < -0.39 is 5.60 Å². The zero-order valence-electron chi connectivity index (χ0n) is 21.7. The van der Waals surface area contributed by atoms with E-state index in [4.69, 9.17) is 9.47 Å². The van der Waals surface area contributed by atoms with Crippen molar-refractivity contribution >= 4 is 23.5 Å². The number of anilines is 2. The Balaban J connectivity index is 1.63. The predicted octanol–water partition coefficient (Wildman–Crippen LogP) is 4.16. The van der Waals surface area contributed by atoms with Gasteiger partial charge in [-0.1, -0.05) is 13.0 Å². The van der Waals surface area contributed by atoms with Gasteiger partial charge in [-0.05, 0) is 45.7 Å². The molecule has 0 N–H and O–H groups in total. The standard InChI is InChI=1S/C26H37N5O4/c1-7-10-22-27-18-21-23(28-22)29(5)14-15-31(24(21)32)19-11-8-12-20(17-19)34-16-9-13-30(6)25(33)35-26(2,3)4/h8,11-12,17-18H,7,9-10,13-16H2,1-6H3. The maximum Gasteiger partial charge on any atom is 0.410 e. The number of carbonyl (C=O) groups excluding carboxylic acids is 2. The highest BCUT2D eigenvalue weighted by atomic mass is 16.6. The van der Waals surface area contributed by atoms with Crippen molar-refractivity contribution in [3.8, 4) is 5.75 Å². The summed E-state index contributed by atoms with van der Waals surface area (Å²) in [6.07, 6.45) is 3.68. The molecule has 0 fully saturated rings. The minimum absolute atomic E-state index is 0.122. The van der Waals surface area contributed by atoms with E-state index in [0.717, 1.165) is 24.4 Å². The molecule has 9 nitrogen and oxygen atoms in total. The van der Waals surface area contributed by atoms with Crippen LogP contribution < -0.4 is 14.5 Å². The average molecular weight is 484 g/mol. The van der Waals surface area contributed by atoms with Crippen molar-refractivity contribution in [1.82, 2.24) is 14.9 Å². The third-order valence-electron chi connectivity index (χ3n) is 5.53. The van der Waals surface area contributed by atoms with Crippen molar-refractivity contribution in [3.63, 3.8) is 0 Å². The fourth-order valence-corrected chi connectivity index (χ4v) is 3.71. The molecule has 1 aromatic heterocycles. The van der Waals surface area contributed by atoms with E-state index in [1.165, 1.54) is 0 Å². The average Bonchev–Trinajstić information content (AvgIpc) is 2.92. The Morgan fingerprint density at radius 1 is 1.23 bits per heavy atom. The summed E-state index contributed by atoms with van der Waals surface area (Å²) in [7, 11) is 3.66. The molecule has 0 aliphatic carbocycles. The van der Waals surface area contributed by atoms with Crippen molar-refractivity contribution in [3.05, 3.63) is 41.9 Å². The van der Waals surface area contributed by atoms with Gasteiger partial charge in [-0.3, -0.25) is 4.79 Å². The van der Waals surface area contributed by atoms with Crippen LogP contribution in [0.2, 0.25) is 0 Å². The predicted molar refractivity (Wildman–Crippen MR) is 136 cm³/mol. The maximum atomic E-state index is 13.4. The van der Waals surface area contributed by atoms with Crippen LogP contribution in [0.3, 0.4) is 0 Å². The van der Waals surface area contributed by atoms with Crippen LogP contribution >= 0.6 is 0 Å². The van der Waals surface area contributed by atoms with Gasteiger partial charge in [0.15, 0.2) is 0 Å². The van der Waals surface area contributed by atoms with E-state index in [1.54, 1.807) is 23.0 Å². The normalized spacial score (nSPS) is 13.8. The summed E-state index contributed by atoms with van der Waals surface area (Å²) in [5.41, 5.74) is 0.741. The lowest BCUT2D eigenvalue weighted by atomic mass is 10.2. The molecular weight excluding hydrogens is 446 g/mol. The summed E-state index contributed by atoms with van der Waals surface area (Å²) in [5, 5.41) is 0. The molecule has 0 unspecified atom stereocenters. The number of carbonyl (C=O) groups is 2. The van der Waals surface area contributed by atoms with Gasteiger partial charge in [0.25, 0.3) is 5.91 Å². The summed E-state index contributed by atoms with van der Waals surface area (Å²) < 4.78 is 11.3. The first-order chi connectivity index (χ1) is 16.6. The summed E-state index contributed by atoms with van der Waals surface area (Å²) in [6, 6.07) is 7.51. The highest BCUT2D eigenvalue weighted by Gasteiger charge is 2.28. The SMILES string of the molecule is CCCc1ncc2c(n1)N(C)CCN(c1cccc(OCCCN(C)C(=O)OC(C)(C)C)c1)C2=O. The minimum Gasteiger partial charge on any atom is -0.493 e. The number of likely N-dealkylation sites (N-methyl/N-ethyl adjacent to an activating group) is 1. The molecule has 1 aromatic carbocycles. The molecule has 35 heavy (non-hydrogen) atoms. The molecule has 0 bridgehead atoms. The molecule has 2 heterocycles. The van der Waals surface area contributed by atoms with Crippen molar-refractivity contribution < 1.29 is 19.1 Å². The molecule has 0 spiro atoms. The molecule has 190 valence electrons. The van der Waals surface area contributed by atoms with Crippen molar-refractivity contribution in [1.29, 1.82) is 0 Å². The summed E-state index contributed by atoms with van der Waals surface area (Å²) in [6.45, 7) is 9.75. The number of nitrogens with zero attached hydrogens (tertiary/aromatic N) is 5. The molecule has 0 radical (unpaired) electrons. The number of aromatic nitrogens is 2. The van der Waals surface area contributed by atoms with Gasteiger partial charge < -0.3 is 24.2 Å². The second-order valence-corrected chi connectivity index (χ2v) is 9.75. The minimum atomic E-state index is -0.522. The van der Waals surface area contributed by atoms with Gasteiger partial charge in [-0.25, -0.2) is 14.8 Å². The zero-order chi connectivity index (χ0) is 25.6. The Bertz CT molecular complexity index is 1040. The first-order valence-electron chi connectivity index (χ1n) is 12.1. The number of ether oxygens (including phenoxy) is 2. The number of rotatable bonds is 8. The number of benzene rings is 1. The third kappa shape index (κ3) is 7.07.